The summed E-state index contributed by atoms with van der Waals surface area (Å²) in [6.07, 6.45) is 5.99. The summed E-state index contributed by atoms with van der Waals surface area (Å²) in [6, 6.07) is 18.9. The number of amides is 2. The zero-order valence-electron chi connectivity index (χ0n) is 20.2. The molecule has 2 rings (SSSR count). The molecule has 0 radical (unpaired) electrons. The van der Waals surface area contributed by atoms with Crippen molar-refractivity contribution >= 4 is 12.3 Å². The lowest BCUT2D eigenvalue weighted by molar-refractivity contribution is -0.133. The summed E-state index contributed by atoms with van der Waals surface area (Å²) >= 11 is 0. The average Bonchev–Trinajstić information content (AvgIpc) is 2.82. The molecule has 0 aliphatic rings. The zero-order chi connectivity index (χ0) is 23.8. The number of likely N-dealkylation sites (N-methyl/N-ethyl adjacent to an activating group) is 1. The Morgan fingerprint density at radius 1 is 0.969 bits per heavy atom. The van der Waals surface area contributed by atoms with E-state index in [4.69, 9.17) is 5.73 Å². The van der Waals surface area contributed by atoms with Gasteiger partial charge in [0, 0.05) is 13.6 Å². The van der Waals surface area contributed by atoms with Gasteiger partial charge < -0.3 is 16.0 Å². The van der Waals surface area contributed by atoms with Crippen LogP contribution in [0, 0.1) is 5.92 Å². The van der Waals surface area contributed by atoms with Gasteiger partial charge in [-0.15, -0.1) is 0 Å². The second-order valence-electron chi connectivity index (χ2n) is 8.37. The Morgan fingerprint density at radius 2 is 1.56 bits per heavy atom. The predicted molar refractivity (Wildman–Crippen MR) is 134 cm³/mol. The first kappa shape index (κ1) is 27.4. The molecule has 0 fully saturated rings. The normalized spacial score (nSPS) is 11.3. The van der Waals surface area contributed by atoms with Crippen molar-refractivity contribution in [1.29, 1.82) is 0 Å². The summed E-state index contributed by atoms with van der Waals surface area (Å²) in [5, 5.41) is 2.89. The predicted octanol–water partition coefficient (Wildman–Crippen LogP) is 4.65. The van der Waals surface area contributed by atoms with Crippen LogP contribution in [0.15, 0.2) is 54.6 Å². The van der Waals surface area contributed by atoms with Crippen LogP contribution in [-0.4, -0.2) is 43.4 Å². The number of benzene rings is 2. The molecule has 0 heterocycles. The lowest BCUT2D eigenvalue weighted by Gasteiger charge is -2.26. The molecule has 0 spiro atoms. The fourth-order valence-electron chi connectivity index (χ4n) is 3.53. The quantitative estimate of drug-likeness (QED) is 0.373. The molecular weight excluding hydrogens is 398 g/mol. The number of hydrogen-bond donors (Lipinski definition) is 2. The Morgan fingerprint density at radius 3 is 2.09 bits per heavy atom. The average molecular weight is 440 g/mol. The van der Waals surface area contributed by atoms with Gasteiger partial charge in [0.2, 0.25) is 12.3 Å². The molecular formula is C27H41N3O2. The molecule has 2 aromatic rings. The smallest absolute Gasteiger partial charge is 0.243 e. The summed E-state index contributed by atoms with van der Waals surface area (Å²) in [4.78, 5) is 24.1. The van der Waals surface area contributed by atoms with E-state index in [1.165, 1.54) is 21.6 Å². The van der Waals surface area contributed by atoms with Gasteiger partial charge in [-0.2, -0.15) is 0 Å². The maximum absolute atomic E-state index is 11.9. The third-order valence-electron chi connectivity index (χ3n) is 5.40. The molecule has 0 aliphatic heterocycles. The number of nitrogens with two attached hydrogens (primary N) is 1. The Balaban J connectivity index is 0.000000328. The van der Waals surface area contributed by atoms with Gasteiger partial charge in [-0.3, -0.25) is 9.59 Å². The van der Waals surface area contributed by atoms with E-state index in [1.807, 2.05) is 19.9 Å². The van der Waals surface area contributed by atoms with E-state index < -0.39 is 0 Å². The van der Waals surface area contributed by atoms with E-state index in [9.17, 15) is 9.59 Å². The molecule has 32 heavy (non-hydrogen) atoms. The molecule has 5 heteroatoms. The van der Waals surface area contributed by atoms with E-state index in [2.05, 4.69) is 60.8 Å². The van der Waals surface area contributed by atoms with Gasteiger partial charge in [-0.05, 0) is 48.4 Å². The molecule has 0 saturated heterocycles. The molecule has 0 aromatic heterocycles. The lowest BCUT2D eigenvalue weighted by atomic mass is 10.0. The Bertz CT molecular complexity index is 760. The number of carbonyl (C=O) groups excluding carboxylic acids is 2. The van der Waals surface area contributed by atoms with Crippen LogP contribution < -0.4 is 11.1 Å². The highest BCUT2D eigenvalue weighted by atomic mass is 16.2. The minimum absolute atomic E-state index is 0.0709. The first-order chi connectivity index (χ1) is 15.4. The molecule has 0 bridgehead atoms. The summed E-state index contributed by atoms with van der Waals surface area (Å²) in [7, 11) is 1.64. The van der Waals surface area contributed by atoms with Crippen LogP contribution in [0.25, 0.3) is 11.1 Å². The highest BCUT2D eigenvalue weighted by Gasteiger charge is 2.25. The standard InChI is InChI=1S/C14H14.C13H27N3O2/c1-2-12-8-10-14(11-9-12)13-6-4-3-5-7-13;1-11(2)12(16(3)10-17)13(18)15-9-7-5-4-6-8-14/h3-11H,2H2,1H3;10-12H,4-9,14H2,1-3H3,(H,15,18). The van der Waals surface area contributed by atoms with Crippen molar-refractivity contribution in [1.82, 2.24) is 10.2 Å². The summed E-state index contributed by atoms with van der Waals surface area (Å²) in [5.41, 5.74) is 9.38. The molecule has 1 unspecified atom stereocenters. The van der Waals surface area contributed by atoms with Crippen molar-refractivity contribution in [3.05, 3.63) is 60.2 Å². The molecule has 2 amide bonds. The van der Waals surface area contributed by atoms with Crippen molar-refractivity contribution < 1.29 is 9.59 Å². The number of carbonyl (C=O) groups is 2. The SMILES string of the molecule is CC(C)C(C(=O)NCCCCCCN)N(C)C=O.CCc1ccc(-c2ccccc2)cc1. The van der Waals surface area contributed by atoms with E-state index in [0.29, 0.717) is 13.0 Å². The van der Waals surface area contributed by atoms with Crippen LogP contribution in [0.5, 0.6) is 0 Å². The summed E-state index contributed by atoms with van der Waals surface area (Å²) in [5.74, 6) is 0.0378. The molecule has 176 valence electrons. The van der Waals surface area contributed by atoms with Gasteiger partial charge in [0.25, 0.3) is 0 Å². The van der Waals surface area contributed by atoms with Crippen molar-refractivity contribution in [2.45, 2.75) is 58.9 Å². The number of nitrogens with one attached hydrogen (secondary N) is 1. The molecule has 2 aromatic carbocycles. The lowest BCUT2D eigenvalue weighted by Crippen LogP contribution is -2.47. The van der Waals surface area contributed by atoms with Gasteiger partial charge in [0.1, 0.15) is 6.04 Å². The second-order valence-corrected chi connectivity index (χ2v) is 8.37. The van der Waals surface area contributed by atoms with Crippen molar-refractivity contribution in [2.24, 2.45) is 11.7 Å². The molecule has 1 atom stereocenters. The monoisotopic (exact) mass is 439 g/mol. The van der Waals surface area contributed by atoms with E-state index in [0.717, 1.165) is 38.6 Å². The molecule has 0 saturated carbocycles. The maximum Gasteiger partial charge on any atom is 0.243 e. The first-order valence-corrected chi connectivity index (χ1v) is 11.7. The summed E-state index contributed by atoms with van der Waals surface area (Å²) in [6.45, 7) is 7.44. The minimum Gasteiger partial charge on any atom is -0.354 e. The fourth-order valence-corrected chi connectivity index (χ4v) is 3.53. The molecule has 0 aliphatic carbocycles. The first-order valence-electron chi connectivity index (χ1n) is 11.7. The molecule has 5 nitrogen and oxygen atoms in total. The Hall–Kier alpha value is -2.66. The maximum atomic E-state index is 11.9. The largest absolute Gasteiger partial charge is 0.354 e. The van der Waals surface area contributed by atoms with E-state index >= 15 is 0 Å². The number of aryl methyl sites for hydroxylation is 1. The second kappa shape index (κ2) is 16.0. The summed E-state index contributed by atoms with van der Waals surface area (Å²) < 4.78 is 0. The van der Waals surface area contributed by atoms with Crippen LogP contribution >= 0.6 is 0 Å². The Labute approximate surface area is 194 Å². The van der Waals surface area contributed by atoms with Crippen molar-refractivity contribution in [3.63, 3.8) is 0 Å². The van der Waals surface area contributed by atoms with Crippen LogP contribution in [-0.2, 0) is 16.0 Å². The van der Waals surface area contributed by atoms with Crippen LogP contribution in [0.2, 0.25) is 0 Å². The minimum atomic E-state index is -0.383. The van der Waals surface area contributed by atoms with Crippen molar-refractivity contribution in [3.8, 4) is 11.1 Å². The van der Waals surface area contributed by atoms with Crippen LogP contribution in [0.4, 0.5) is 0 Å². The van der Waals surface area contributed by atoms with Crippen LogP contribution in [0.1, 0.15) is 52.0 Å². The highest BCUT2D eigenvalue weighted by Crippen LogP contribution is 2.19. The van der Waals surface area contributed by atoms with Gasteiger partial charge in [-0.25, -0.2) is 0 Å². The van der Waals surface area contributed by atoms with Gasteiger partial charge >= 0.3 is 0 Å². The van der Waals surface area contributed by atoms with Crippen molar-refractivity contribution in [2.75, 3.05) is 20.1 Å². The third kappa shape index (κ3) is 10.1. The number of nitrogens with zero attached hydrogens (tertiary/aromatic N) is 1. The zero-order valence-corrected chi connectivity index (χ0v) is 20.2. The molecule has 3 N–H and O–H groups in total. The van der Waals surface area contributed by atoms with E-state index in [-0.39, 0.29) is 17.9 Å². The third-order valence-corrected chi connectivity index (χ3v) is 5.40. The fraction of sp³-hybridized carbons (Fsp3) is 0.481. The highest BCUT2D eigenvalue weighted by molar-refractivity contribution is 5.83. The van der Waals surface area contributed by atoms with Gasteiger partial charge in [0.15, 0.2) is 0 Å². The Kier molecular flexibility index (Phi) is 13.7. The van der Waals surface area contributed by atoms with Gasteiger partial charge in [-0.1, -0.05) is 88.2 Å². The van der Waals surface area contributed by atoms with Crippen LogP contribution in [0.3, 0.4) is 0 Å². The van der Waals surface area contributed by atoms with Gasteiger partial charge in [0.05, 0.1) is 0 Å². The number of unbranched alkanes of at least 4 members (excludes halogenated alkanes) is 3. The van der Waals surface area contributed by atoms with E-state index in [1.54, 1.807) is 7.05 Å². The number of rotatable bonds is 12. The number of hydrogen-bond acceptors (Lipinski definition) is 3. The topological polar surface area (TPSA) is 75.4 Å².